The van der Waals surface area contributed by atoms with Gasteiger partial charge in [0, 0.05) is 52.4 Å². The number of hydrogen-bond acceptors (Lipinski definition) is 5. The van der Waals surface area contributed by atoms with Gasteiger partial charge in [-0.2, -0.15) is 17.0 Å². The van der Waals surface area contributed by atoms with Crippen molar-refractivity contribution >= 4 is 16.1 Å². The fraction of sp³-hybridized carbons (Fsp3) is 0.647. The molecule has 2 saturated heterocycles. The number of nitrogens with zero attached hydrogens (tertiary/aromatic N) is 4. The van der Waals surface area contributed by atoms with E-state index < -0.39 is 10.2 Å². The Kier molecular flexibility index (Phi) is 5.91. The van der Waals surface area contributed by atoms with E-state index in [9.17, 15) is 13.2 Å². The van der Waals surface area contributed by atoms with Crippen molar-refractivity contribution in [3.05, 3.63) is 29.6 Å². The topological polar surface area (TPSA) is 83.1 Å². The van der Waals surface area contributed by atoms with E-state index in [1.807, 2.05) is 0 Å². The number of morpholine rings is 1. The number of amides is 1. The van der Waals surface area contributed by atoms with Gasteiger partial charge in [0.05, 0.1) is 24.5 Å². The van der Waals surface area contributed by atoms with E-state index in [0.717, 1.165) is 12.8 Å². The number of piperidine rings is 1. The summed E-state index contributed by atoms with van der Waals surface area (Å²) in [5.74, 6) is -0.136. The van der Waals surface area contributed by atoms with Gasteiger partial charge >= 0.3 is 0 Å². The van der Waals surface area contributed by atoms with Gasteiger partial charge in [-0.15, -0.1) is 0 Å². The van der Waals surface area contributed by atoms with Crippen molar-refractivity contribution in [3.8, 4) is 0 Å². The summed E-state index contributed by atoms with van der Waals surface area (Å²) in [6.45, 7) is 3.06. The van der Waals surface area contributed by atoms with Crippen LogP contribution in [0.3, 0.4) is 0 Å². The summed E-state index contributed by atoms with van der Waals surface area (Å²) in [5, 5.41) is 0. The van der Waals surface area contributed by atoms with E-state index >= 15 is 0 Å². The van der Waals surface area contributed by atoms with Gasteiger partial charge in [0.2, 0.25) is 0 Å². The SMILES string of the molecule is CN(C)S(=O)(=O)N1CCC[C@@H](c2ncccc2C(=O)N2CCOCC2)C1. The molecule has 1 atom stereocenters. The monoisotopic (exact) mass is 382 g/mol. The Morgan fingerprint density at radius 3 is 2.69 bits per heavy atom. The Hall–Kier alpha value is -1.55. The zero-order chi connectivity index (χ0) is 18.7. The molecule has 9 heteroatoms. The highest BCUT2D eigenvalue weighted by atomic mass is 32.2. The van der Waals surface area contributed by atoms with Crippen LogP contribution in [0.2, 0.25) is 0 Å². The van der Waals surface area contributed by atoms with Crippen LogP contribution in [0.5, 0.6) is 0 Å². The van der Waals surface area contributed by atoms with Crippen molar-refractivity contribution in [1.82, 2.24) is 18.5 Å². The van der Waals surface area contributed by atoms with E-state index in [1.165, 1.54) is 22.7 Å². The van der Waals surface area contributed by atoms with E-state index in [0.29, 0.717) is 50.7 Å². The van der Waals surface area contributed by atoms with Crippen molar-refractivity contribution in [3.63, 3.8) is 0 Å². The Balaban J connectivity index is 1.84. The Morgan fingerprint density at radius 2 is 2.00 bits per heavy atom. The summed E-state index contributed by atoms with van der Waals surface area (Å²) < 4.78 is 33.0. The molecule has 3 heterocycles. The largest absolute Gasteiger partial charge is 0.378 e. The molecule has 0 N–H and O–H groups in total. The van der Waals surface area contributed by atoms with Gasteiger partial charge < -0.3 is 9.64 Å². The molecule has 1 amide bonds. The second-order valence-electron chi connectivity index (χ2n) is 6.83. The third kappa shape index (κ3) is 3.90. The predicted molar refractivity (Wildman–Crippen MR) is 97.1 cm³/mol. The molecule has 1 aromatic rings. The molecule has 26 heavy (non-hydrogen) atoms. The number of rotatable bonds is 4. The minimum absolute atomic E-state index is 0.0519. The van der Waals surface area contributed by atoms with Gasteiger partial charge in [-0.1, -0.05) is 0 Å². The summed E-state index contributed by atoms with van der Waals surface area (Å²) >= 11 is 0. The molecule has 0 spiro atoms. The van der Waals surface area contributed by atoms with Crippen LogP contribution in [0, 0.1) is 0 Å². The van der Waals surface area contributed by atoms with Crippen LogP contribution in [0.1, 0.15) is 34.8 Å². The van der Waals surface area contributed by atoms with Crippen molar-refractivity contribution < 1.29 is 17.9 Å². The lowest BCUT2D eigenvalue weighted by molar-refractivity contribution is 0.0301. The zero-order valence-electron chi connectivity index (χ0n) is 15.3. The lowest BCUT2D eigenvalue weighted by atomic mass is 9.92. The molecule has 0 saturated carbocycles. The normalized spacial score (nSPS) is 22.6. The molecule has 2 aliphatic heterocycles. The maximum atomic E-state index is 12.9. The quantitative estimate of drug-likeness (QED) is 0.759. The molecule has 3 rings (SSSR count). The standard InChI is InChI=1S/C17H26N4O4S/c1-19(2)26(23,24)21-8-4-5-14(13-21)16-15(6-3-7-18-16)17(22)20-9-11-25-12-10-20/h3,6-7,14H,4-5,8-13H2,1-2H3/t14-/m1/s1. The molecular weight excluding hydrogens is 356 g/mol. The van der Waals surface area contributed by atoms with Crippen molar-refractivity contribution in [1.29, 1.82) is 0 Å². The van der Waals surface area contributed by atoms with Crippen LogP contribution < -0.4 is 0 Å². The molecule has 8 nitrogen and oxygen atoms in total. The van der Waals surface area contributed by atoms with Crippen molar-refractivity contribution in [2.75, 3.05) is 53.5 Å². The maximum Gasteiger partial charge on any atom is 0.281 e. The molecule has 0 aromatic carbocycles. The molecule has 0 bridgehead atoms. The predicted octanol–water partition coefficient (Wildman–Crippen LogP) is 0.540. The summed E-state index contributed by atoms with van der Waals surface area (Å²) in [4.78, 5) is 19.2. The third-order valence-electron chi connectivity index (χ3n) is 4.93. The minimum Gasteiger partial charge on any atom is -0.378 e. The second kappa shape index (κ2) is 7.99. The Morgan fingerprint density at radius 1 is 1.27 bits per heavy atom. The third-order valence-corrected chi connectivity index (χ3v) is 6.83. The van der Waals surface area contributed by atoms with E-state index in [1.54, 1.807) is 23.2 Å². The molecule has 0 aliphatic carbocycles. The lowest BCUT2D eigenvalue weighted by Crippen LogP contribution is -2.45. The second-order valence-corrected chi connectivity index (χ2v) is 8.97. The Bertz CT molecular complexity index is 747. The van der Waals surface area contributed by atoms with Gasteiger partial charge in [-0.05, 0) is 25.0 Å². The minimum atomic E-state index is -3.47. The van der Waals surface area contributed by atoms with Gasteiger partial charge in [-0.3, -0.25) is 9.78 Å². The first kappa shape index (κ1) is 19.2. The number of carbonyl (C=O) groups is 1. The van der Waals surface area contributed by atoms with E-state index in [2.05, 4.69) is 4.98 Å². The number of ether oxygens (including phenoxy) is 1. The van der Waals surface area contributed by atoms with Crippen LogP contribution in [-0.2, 0) is 14.9 Å². The first-order valence-corrected chi connectivity index (χ1v) is 10.3. The van der Waals surface area contributed by atoms with Crippen LogP contribution in [0.15, 0.2) is 18.3 Å². The van der Waals surface area contributed by atoms with Crippen LogP contribution in [-0.4, -0.2) is 86.3 Å². The lowest BCUT2D eigenvalue weighted by Gasteiger charge is -2.34. The number of aromatic nitrogens is 1. The van der Waals surface area contributed by atoms with Gasteiger partial charge in [-0.25, -0.2) is 0 Å². The highest BCUT2D eigenvalue weighted by Gasteiger charge is 2.33. The average molecular weight is 382 g/mol. The van der Waals surface area contributed by atoms with Gasteiger partial charge in [0.1, 0.15) is 0 Å². The average Bonchev–Trinajstić information content (AvgIpc) is 2.68. The van der Waals surface area contributed by atoms with E-state index in [-0.39, 0.29) is 11.8 Å². The summed E-state index contributed by atoms with van der Waals surface area (Å²) in [5.41, 5.74) is 1.27. The van der Waals surface area contributed by atoms with Crippen molar-refractivity contribution in [2.45, 2.75) is 18.8 Å². The van der Waals surface area contributed by atoms with Gasteiger partial charge in [0.25, 0.3) is 16.1 Å². The van der Waals surface area contributed by atoms with Gasteiger partial charge in [0.15, 0.2) is 0 Å². The van der Waals surface area contributed by atoms with Crippen molar-refractivity contribution in [2.24, 2.45) is 0 Å². The van der Waals surface area contributed by atoms with Crippen LogP contribution in [0.25, 0.3) is 0 Å². The smallest absolute Gasteiger partial charge is 0.281 e. The van der Waals surface area contributed by atoms with Crippen LogP contribution in [0.4, 0.5) is 0 Å². The molecular formula is C17H26N4O4S. The molecule has 1 aromatic heterocycles. The Labute approximate surface area is 154 Å². The fourth-order valence-electron chi connectivity index (χ4n) is 3.47. The summed E-state index contributed by atoms with van der Waals surface area (Å²) in [6.07, 6.45) is 3.24. The zero-order valence-corrected chi connectivity index (χ0v) is 16.1. The molecule has 2 fully saturated rings. The molecule has 144 valence electrons. The fourth-order valence-corrected chi connectivity index (χ4v) is 4.66. The molecule has 0 radical (unpaired) electrons. The van der Waals surface area contributed by atoms with Crippen LogP contribution >= 0.6 is 0 Å². The number of carbonyl (C=O) groups excluding carboxylic acids is 1. The maximum absolute atomic E-state index is 12.9. The highest BCUT2D eigenvalue weighted by Crippen LogP contribution is 2.30. The number of hydrogen-bond donors (Lipinski definition) is 0. The summed E-state index contributed by atoms with van der Waals surface area (Å²) in [7, 11) is -0.398. The summed E-state index contributed by atoms with van der Waals surface area (Å²) in [6, 6.07) is 3.55. The van der Waals surface area contributed by atoms with E-state index in [4.69, 9.17) is 4.74 Å². The molecule has 2 aliphatic rings. The first-order valence-electron chi connectivity index (χ1n) is 8.91. The molecule has 0 unspecified atom stereocenters. The number of pyridine rings is 1. The first-order chi connectivity index (χ1) is 12.4. The highest BCUT2D eigenvalue weighted by molar-refractivity contribution is 7.86.